The molecule has 0 saturated carbocycles. The van der Waals surface area contributed by atoms with Crippen LogP contribution in [0.2, 0.25) is 0 Å². The minimum atomic E-state index is -0.352. The van der Waals surface area contributed by atoms with Crippen molar-refractivity contribution in [3.05, 3.63) is 59.2 Å². The van der Waals surface area contributed by atoms with Gasteiger partial charge in [0.25, 0.3) is 0 Å². The number of hydrogen-bond acceptors (Lipinski definition) is 5. The Kier molecular flexibility index (Phi) is 6.14. The van der Waals surface area contributed by atoms with Crippen molar-refractivity contribution in [1.29, 1.82) is 0 Å². The van der Waals surface area contributed by atoms with Crippen LogP contribution in [0.4, 0.5) is 5.69 Å². The number of rotatable bonds is 6. The van der Waals surface area contributed by atoms with Crippen molar-refractivity contribution >= 4 is 23.4 Å². The number of aryl methyl sites for hydroxylation is 2. The zero-order valence-corrected chi connectivity index (χ0v) is 17.6. The Morgan fingerprint density at radius 1 is 1.11 bits per heavy atom. The Hall–Kier alpha value is -2.67. The number of anilines is 1. The number of hydrogen-bond donors (Lipinski definition) is 1. The van der Waals surface area contributed by atoms with Gasteiger partial charge in [0.2, 0.25) is 11.1 Å². The van der Waals surface area contributed by atoms with E-state index in [1.54, 1.807) is 4.68 Å². The summed E-state index contributed by atoms with van der Waals surface area (Å²) in [6, 6.07) is 14.0. The van der Waals surface area contributed by atoms with Crippen molar-refractivity contribution in [3.8, 4) is 5.69 Å². The maximum absolute atomic E-state index is 12.8. The summed E-state index contributed by atoms with van der Waals surface area (Å²) in [6.45, 7) is 10.1. The van der Waals surface area contributed by atoms with Crippen molar-refractivity contribution in [2.75, 3.05) is 5.32 Å². The fourth-order valence-corrected chi connectivity index (χ4v) is 3.71. The number of benzene rings is 2. The average molecular weight is 396 g/mol. The molecule has 1 amide bonds. The Morgan fingerprint density at radius 3 is 2.61 bits per heavy atom. The topological polar surface area (TPSA) is 72.7 Å². The third-order valence-corrected chi connectivity index (χ3v) is 5.56. The van der Waals surface area contributed by atoms with Crippen molar-refractivity contribution in [3.63, 3.8) is 0 Å². The molecule has 146 valence electrons. The molecule has 0 aliphatic carbocycles. The molecule has 0 aliphatic rings. The van der Waals surface area contributed by atoms with Crippen molar-refractivity contribution in [1.82, 2.24) is 20.2 Å². The van der Waals surface area contributed by atoms with Crippen LogP contribution in [0.1, 0.15) is 43.4 Å². The third-order valence-electron chi connectivity index (χ3n) is 4.53. The second-order valence-corrected chi connectivity index (χ2v) is 8.46. The Balaban J connectivity index is 1.78. The summed E-state index contributed by atoms with van der Waals surface area (Å²) < 4.78 is 1.69. The molecule has 0 unspecified atom stereocenters. The highest BCUT2D eigenvalue weighted by atomic mass is 32.2. The second kappa shape index (κ2) is 8.56. The molecule has 3 aromatic rings. The van der Waals surface area contributed by atoms with Crippen molar-refractivity contribution < 1.29 is 4.79 Å². The summed E-state index contributed by atoms with van der Waals surface area (Å²) in [7, 11) is 0. The zero-order chi connectivity index (χ0) is 20.3. The van der Waals surface area contributed by atoms with E-state index < -0.39 is 0 Å². The van der Waals surface area contributed by atoms with Gasteiger partial charge in [-0.25, -0.2) is 0 Å². The highest BCUT2D eigenvalue weighted by Gasteiger charge is 2.21. The molecule has 2 aromatic carbocycles. The lowest BCUT2D eigenvalue weighted by atomic mass is 10.0. The predicted molar refractivity (Wildman–Crippen MR) is 113 cm³/mol. The van der Waals surface area contributed by atoms with E-state index in [0.717, 1.165) is 28.1 Å². The third kappa shape index (κ3) is 4.42. The lowest BCUT2D eigenvalue weighted by molar-refractivity contribution is -0.115. The molecular formula is C21H25N5OS. The summed E-state index contributed by atoms with van der Waals surface area (Å²) in [5.41, 5.74) is 5.09. The number of thioether (sulfide) groups is 1. The van der Waals surface area contributed by atoms with Gasteiger partial charge in [-0.05, 0) is 65.9 Å². The van der Waals surface area contributed by atoms with Crippen LogP contribution >= 0.6 is 11.8 Å². The molecule has 0 aliphatic heterocycles. The highest BCUT2D eigenvalue weighted by Crippen LogP contribution is 2.28. The van der Waals surface area contributed by atoms with E-state index in [2.05, 4.69) is 40.8 Å². The fraction of sp³-hybridized carbons (Fsp3) is 0.333. The summed E-state index contributed by atoms with van der Waals surface area (Å²) >= 11 is 1.34. The van der Waals surface area contributed by atoms with Gasteiger partial charge >= 0.3 is 0 Å². The van der Waals surface area contributed by atoms with Gasteiger partial charge in [-0.15, -0.1) is 5.10 Å². The average Bonchev–Trinajstić information content (AvgIpc) is 3.11. The SMILES string of the molecule is Cc1ccc(C)c(-n2nnnc2S[C@@H](C)C(=O)Nc2ccccc2C(C)C)c1. The van der Waals surface area contributed by atoms with E-state index in [4.69, 9.17) is 0 Å². The molecule has 1 heterocycles. The van der Waals surface area contributed by atoms with Crippen LogP contribution in [0.3, 0.4) is 0 Å². The molecule has 6 nitrogen and oxygen atoms in total. The first-order valence-electron chi connectivity index (χ1n) is 9.29. The molecule has 1 atom stereocenters. The number of amides is 1. The van der Waals surface area contributed by atoms with Gasteiger partial charge in [0.15, 0.2) is 0 Å². The van der Waals surface area contributed by atoms with Crippen LogP contribution in [0.5, 0.6) is 0 Å². The molecule has 7 heteroatoms. The molecule has 0 spiro atoms. The number of aromatic nitrogens is 4. The molecular weight excluding hydrogens is 370 g/mol. The fourth-order valence-electron chi connectivity index (χ4n) is 2.91. The van der Waals surface area contributed by atoms with Crippen molar-refractivity contribution in [2.24, 2.45) is 0 Å². The van der Waals surface area contributed by atoms with Gasteiger partial charge in [0.05, 0.1) is 10.9 Å². The number of carbonyl (C=O) groups excluding carboxylic acids is 1. The Bertz CT molecular complexity index is 982. The zero-order valence-electron chi connectivity index (χ0n) is 16.8. The van der Waals surface area contributed by atoms with Gasteiger partial charge < -0.3 is 5.32 Å². The summed E-state index contributed by atoms with van der Waals surface area (Å²) in [6.07, 6.45) is 0. The lowest BCUT2D eigenvalue weighted by Gasteiger charge is -2.16. The van der Waals surface area contributed by atoms with E-state index in [9.17, 15) is 4.79 Å². The molecule has 1 N–H and O–H groups in total. The largest absolute Gasteiger partial charge is 0.325 e. The van der Waals surface area contributed by atoms with E-state index in [-0.39, 0.29) is 11.2 Å². The first kappa shape index (κ1) is 20.1. The minimum Gasteiger partial charge on any atom is -0.325 e. The Labute approximate surface area is 169 Å². The number of tetrazole rings is 1. The van der Waals surface area contributed by atoms with Crippen LogP contribution in [0, 0.1) is 13.8 Å². The van der Waals surface area contributed by atoms with Crippen LogP contribution in [-0.2, 0) is 4.79 Å². The lowest BCUT2D eigenvalue weighted by Crippen LogP contribution is -2.23. The summed E-state index contributed by atoms with van der Waals surface area (Å²) in [5, 5.41) is 15.3. The molecule has 1 aromatic heterocycles. The normalized spacial score (nSPS) is 12.2. The van der Waals surface area contributed by atoms with Gasteiger partial charge in [-0.2, -0.15) is 4.68 Å². The molecule has 0 fully saturated rings. The summed E-state index contributed by atoms with van der Waals surface area (Å²) in [4.78, 5) is 12.8. The van der Waals surface area contributed by atoms with E-state index in [1.165, 1.54) is 11.8 Å². The molecule has 28 heavy (non-hydrogen) atoms. The van der Waals surface area contributed by atoms with Gasteiger partial charge in [-0.1, -0.05) is 55.9 Å². The number of carbonyl (C=O) groups is 1. The highest BCUT2D eigenvalue weighted by molar-refractivity contribution is 8.00. The van der Waals surface area contributed by atoms with Crippen LogP contribution < -0.4 is 5.32 Å². The molecule has 3 rings (SSSR count). The van der Waals surface area contributed by atoms with Crippen LogP contribution in [0.25, 0.3) is 5.69 Å². The van der Waals surface area contributed by atoms with Crippen LogP contribution in [0.15, 0.2) is 47.6 Å². The van der Waals surface area contributed by atoms with Gasteiger partial charge in [-0.3, -0.25) is 4.79 Å². The smallest absolute Gasteiger partial charge is 0.237 e. The molecule has 0 radical (unpaired) electrons. The predicted octanol–water partition coefficient (Wildman–Crippen LogP) is 4.52. The van der Waals surface area contributed by atoms with Gasteiger partial charge in [0.1, 0.15) is 0 Å². The monoisotopic (exact) mass is 395 g/mol. The Morgan fingerprint density at radius 2 is 1.86 bits per heavy atom. The first-order valence-corrected chi connectivity index (χ1v) is 10.2. The quantitative estimate of drug-likeness (QED) is 0.621. The summed E-state index contributed by atoms with van der Waals surface area (Å²) in [5.74, 6) is 0.254. The van der Waals surface area contributed by atoms with E-state index >= 15 is 0 Å². The number of nitrogens with zero attached hydrogens (tertiary/aromatic N) is 4. The molecule has 0 bridgehead atoms. The first-order chi connectivity index (χ1) is 13.4. The number of nitrogens with one attached hydrogen (secondary N) is 1. The number of para-hydroxylation sites is 1. The van der Waals surface area contributed by atoms with Gasteiger partial charge in [0, 0.05) is 5.69 Å². The maximum atomic E-state index is 12.8. The van der Waals surface area contributed by atoms with E-state index in [1.807, 2.05) is 57.2 Å². The van der Waals surface area contributed by atoms with Crippen molar-refractivity contribution in [2.45, 2.75) is 50.9 Å². The van der Waals surface area contributed by atoms with E-state index in [0.29, 0.717) is 11.1 Å². The standard InChI is InChI=1S/C21H25N5OS/c1-13(2)17-8-6-7-9-18(17)22-20(27)16(5)28-21-23-24-25-26(21)19-12-14(3)10-11-15(19)4/h6-13,16H,1-5H3,(H,22,27)/t16-/m0/s1. The van der Waals surface area contributed by atoms with Crippen LogP contribution in [-0.4, -0.2) is 31.4 Å². The second-order valence-electron chi connectivity index (χ2n) is 7.15. The maximum Gasteiger partial charge on any atom is 0.237 e. The minimum absolute atomic E-state index is 0.0754. The molecule has 0 saturated heterocycles.